The lowest BCUT2D eigenvalue weighted by Crippen LogP contribution is -1.96. The molecule has 3 heterocycles. The van der Waals surface area contributed by atoms with Crippen LogP contribution in [0.1, 0.15) is 0 Å². The van der Waals surface area contributed by atoms with E-state index in [4.69, 9.17) is 10.1 Å². The van der Waals surface area contributed by atoms with Crippen LogP contribution in [-0.2, 0) is 0 Å². The predicted octanol–water partition coefficient (Wildman–Crippen LogP) is 13.1. The van der Waals surface area contributed by atoms with Crippen molar-refractivity contribution in [3.63, 3.8) is 0 Å². The number of hydrogen-bond acceptors (Lipinski definition) is 3. The molecule has 0 aliphatic carbocycles. The van der Waals surface area contributed by atoms with Gasteiger partial charge in [-0.3, -0.25) is 4.98 Å². The highest BCUT2D eigenvalue weighted by atomic mass is 15.3. The van der Waals surface area contributed by atoms with E-state index in [2.05, 4.69) is 192 Å². The van der Waals surface area contributed by atoms with E-state index in [-0.39, 0.29) is 0 Å². The minimum absolute atomic E-state index is 0.926. The average Bonchev–Trinajstić information content (AvgIpc) is 3.67. The zero-order chi connectivity index (χ0) is 36.3. The number of pyridine rings is 2. The molecule has 8 aromatic carbocycles. The fourth-order valence-corrected chi connectivity index (χ4v) is 8.08. The van der Waals surface area contributed by atoms with Crippen molar-refractivity contribution in [2.45, 2.75) is 0 Å². The standard InChI is InChI=1S/C51H32N4/c1-3-10-35(11-4-1)45-32-40-12-7-8-16-44(40)51-47(45)48(54-55(51)43-14-5-2-6-15-43)37-21-17-33(18-22-37)39-25-19-34-20-26-41(31-42(34)30-39)46-28-27-38-24-23-36-13-9-29-52-49(36)50(38)53-46/h1-32H. The fraction of sp³-hybridized carbons (Fsp3) is 0. The molecule has 11 aromatic rings. The first-order valence-corrected chi connectivity index (χ1v) is 18.6. The van der Waals surface area contributed by atoms with Gasteiger partial charge in [0.25, 0.3) is 0 Å². The second kappa shape index (κ2) is 12.6. The first-order valence-electron chi connectivity index (χ1n) is 18.6. The lowest BCUT2D eigenvalue weighted by atomic mass is 9.93. The molecule has 0 amide bonds. The zero-order valence-corrected chi connectivity index (χ0v) is 29.8. The molecule has 0 aliphatic heterocycles. The molecule has 0 atom stereocenters. The Morgan fingerprint density at radius 1 is 0.400 bits per heavy atom. The third-order valence-electron chi connectivity index (χ3n) is 10.8. The summed E-state index contributed by atoms with van der Waals surface area (Å²) >= 11 is 0. The molecule has 4 heteroatoms. The summed E-state index contributed by atoms with van der Waals surface area (Å²) in [6.45, 7) is 0. The topological polar surface area (TPSA) is 43.6 Å². The molecule has 0 bridgehead atoms. The number of rotatable bonds is 5. The Kier molecular flexibility index (Phi) is 7.14. The van der Waals surface area contributed by atoms with E-state index >= 15 is 0 Å². The molecule has 0 N–H and O–H groups in total. The number of para-hydroxylation sites is 1. The van der Waals surface area contributed by atoms with Gasteiger partial charge in [-0.05, 0) is 80.9 Å². The Bertz CT molecular complexity index is 3240. The summed E-state index contributed by atoms with van der Waals surface area (Å²) in [5.74, 6) is 0. The van der Waals surface area contributed by atoms with E-state index in [1.165, 1.54) is 32.7 Å². The number of hydrogen-bond donors (Lipinski definition) is 0. The molecule has 0 radical (unpaired) electrons. The highest BCUT2D eigenvalue weighted by molar-refractivity contribution is 6.17. The third-order valence-corrected chi connectivity index (χ3v) is 10.8. The average molecular weight is 701 g/mol. The lowest BCUT2D eigenvalue weighted by Gasteiger charge is -2.11. The minimum Gasteiger partial charge on any atom is -0.254 e. The van der Waals surface area contributed by atoms with E-state index in [0.717, 1.165) is 72.0 Å². The minimum atomic E-state index is 0.926. The normalized spacial score (nSPS) is 11.6. The summed E-state index contributed by atoms with van der Waals surface area (Å²) < 4.78 is 2.12. The van der Waals surface area contributed by atoms with E-state index in [9.17, 15) is 0 Å². The van der Waals surface area contributed by atoms with E-state index < -0.39 is 0 Å². The van der Waals surface area contributed by atoms with Crippen molar-refractivity contribution in [2.75, 3.05) is 0 Å². The molecule has 256 valence electrons. The molecule has 0 spiro atoms. The summed E-state index contributed by atoms with van der Waals surface area (Å²) in [6, 6.07) is 66.8. The molecule has 4 nitrogen and oxygen atoms in total. The Balaban J connectivity index is 1.02. The second-order valence-corrected chi connectivity index (χ2v) is 14.1. The van der Waals surface area contributed by atoms with Crippen molar-refractivity contribution < 1.29 is 0 Å². The largest absolute Gasteiger partial charge is 0.254 e. The Morgan fingerprint density at radius 3 is 1.87 bits per heavy atom. The Labute approximate surface area is 317 Å². The Hall–Kier alpha value is -7.43. The zero-order valence-electron chi connectivity index (χ0n) is 29.8. The maximum Gasteiger partial charge on any atom is 0.101 e. The van der Waals surface area contributed by atoms with Gasteiger partial charge in [-0.25, -0.2) is 9.67 Å². The van der Waals surface area contributed by atoms with Crippen LogP contribution in [0.5, 0.6) is 0 Å². The summed E-state index contributed by atoms with van der Waals surface area (Å²) in [4.78, 5) is 9.77. The van der Waals surface area contributed by atoms with Crippen LogP contribution in [-0.4, -0.2) is 19.7 Å². The van der Waals surface area contributed by atoms with Crippen LogP contribution in [0.4, 0.5) is 0 Å². The van der Waals surface area contributed by atoms with Crippen LogP contribution >= 0.6 is 0 Å². The van der Waals surface area contributed by atoms with E-state index in [1.807, 2.05) is 12.3 Å². The van der Waals surface area contributed by atoms with Crippen LogP contribution < -0.4 is 0 Å². The summed E-state index contributed by atoms with van der Waals surface area (Å²) in [5.41, 5.74) is 12.7. The fourth-order valence-electron chi connectivity index (χ4n) is 8.08. The summed E-state index contributed by atoms with van der Waals surface area (Å²) in [6.07, 6.45) is 1.84. The number of aromatic nitrogens is 4. The molecule has 0 saturated heterocycles. The van der Waals surface area contributed by atoms with Crippen molar-refractivity contribution in [1.82, 2.24) is 19.7 Å². The van der Waals surface area contributed by atoms with E-state index in [1.54, 1.807) is 0 Å². The summed E-state index contributed by atoms with van der Waals surface area (Å²) in [7, 11) is 0. The second-order valence-electron chi connectivity index (χ2n) is 14.1. The maximum atomic E-state index is 5.39. The molecule has 3 aromatic heterocycles. The van der Waals surface area contributed by atoms with Crippen LogP contribution in [0.3, 0.4) is 0 Å². The number of fused-ring (bicyclic) bond motifs is 7. The van der Waals surface area contributed by atoms with Crippen molar-refractivity contribution in [1.29, 1.82) is 0 Å². The van der Waals surface area contributed by atoms with Crippen molar-refractivity contribution in [3.8, 4) is 50.5 Å². The summed E-state index contributed by atoms with van der Waals surface area (Å²) in [5, 5.41) is 13.4. The van der Waals surface area contributed by atoms with Gasteiger partial charge in [0.05, 0.1) is 27.9 Å². The Morgan fingerprint density at radius 2 is 1.04 bits per heavy atom. The van der Waals surface area contributed by atoms with Gasteiger partial charge in [-0.15, -0.1) is 0 Å². The molecule has 0 unspecified atom stereocenters. The van der Waals surface area contributed by atoms with Gasteiger partial charge < -0.3 is 0 Å². The molecular formula is C51H32N4. The highest BCUT2D eigenvalue weighted by Gasteiger charge is 2.21. The van der Waals surface area contributed by atoms with Gasteiger partial charge in [-0.2, -0.15) is 5.10 Å². The van der Waals surface area contributed by atoms with Crippen LogP contribution in [0, 0.1) is 0 Å². The SMILES string of the molecule is c1ccc(-c2cc3ccccc3c3c2c(-c2ccc(-c4ccc5ccc(-c6ccc7ccc8cccnc8c7n6)cc5c4)cc2)nn3-c2ccccc2)cc1. The highest BCUT2D eigenvalue weighted by Crippen LogP contribution is 2.42. The van der Waals surface area contributed by atoms with E-state index in [0.29, 0.717) is 0 Å². The van der Waals surface area contributed by atoms with Crippen LogP contribution in [0.2, 0.25) is 0 Å². The monoisotopic (exact) mass is 700 g/mol. The van der Waals surface area contributed by atoms with Crippen LogP contribution in [0.25, 0.3) is 105 Å². The third kappa shape index (κ3) is 5.26. The lowest BCUT2D eigenvalue weighted by molar-refractivity contribution is 0.918. The van der Waals surface area contributed by atoms with Gasteiger partial charge in [0.2, 0.25) is 0 Å². The first kappa shape index (κ1) is 31.1. The van der Waals surface area contributed by atoms with Gasteiger partial charge in [0.1, 0.15) is 5.69 Å². The predicted molar refractivity (Wildman–Crippen MR) is 228 cm³/mol. The molecule has 0 aliphatic rings. The molecule has 0 fully saturated rings. The molecule has 55 heavy (non-hydrogen) atoms. The van der Waals surface area contributed by atoms with Gasteiger partial charge in [-0.1, -0.05) is 146 Å². The number of benzene rings is 8. The molecule has 0 saturated carbocycles. The maximum absolute atomic E-state index is 5.39. The van der Waals surface area contributed by atoms with Gasteiger partial charge >= 0.3 is 0 Å². The van der Waals surface area contributed by atoms with Crippen molar-refractivity contribution in [3.05, 3.63) is 194 Å². The van der Waals surface area contributed by atoms with Crippen LogP contribution in [0.15, 0.2) is 194 Å². The first-order chi connectivity index (χ1) is 27.2. The quantitative estimate of drug-likeness (QED) is 0.168. The van der Waals surface area contributed by atoms with Crippen molar-refractivity contribution in [2.24, 2.45) is 0 Å². The smallest absolute Gasteiger partial charge is 0.101 e. The molecular weight excluding hydrogens is 669 g/mol. The van der Waals surface area contributed by atoms with Crippen molar-refractivity contribution >= 4 is 54.3 Å². The van der Waals surface area contributed by atoms with Gasteiger partial charge in [0, 0.05) is 38.9 Å². The van der Waals surface area contributed by atoms with Gasteiger partial charge in [0.15, 0.2) is 0 Å². The molecule has 11 rings (SSSR count). The number of nitrogens with zero attached hydrogens (tertiary/aromatic N) is 4.